The van der Waals surface area contributed by atoms with Crippen LogP contribution in [0.3, 0.4) is 0 Å². The molecule has 1 fully saturated rings. The van der Waals surface area contributed by atoms with E-state index in [1.54, 1.807) is 0 Å². The second kappa shape index (κ2) is 8.45. The highest BCUT2D eigenvalue weighted by atomic mass is 16.7. The first-order valence-electron chi connectivity index (χ1n) is 9.76. The number of phenolic OH excluding ortho intramolecular Hbond substituents is 3. The van der Waals surface area contributed by atoms with Crippen LogP contribution in [0.25, 0.3) is 0 Å². The number of aromatic hydroxyl groups is 3. The Hall–Kier alpha value is -3.09. The minimum Gasteiger partial charge on any atom is -0.507 e. The number of hydrogen-bond acceptors (Lipinski definition) is 11. The lowest BCUT2D eigenvalue weighted by Crippen LogP contribution is -2.51. The zero-order valence-corrected chi connectivity index (χ0v) is 16.5. The molecule has 2 aliphatic heterocycles. The summed E-state index contributed by atoms with van der Waals surface area (Å²) < 4.78 is 16.7. The number of ether oxygens (including phenoxy) is 3. The maximum absolute atomic E-state index is 12.7. The lowest BCUT2D eigenvalue weighted by atomic mass is 9.92. The normalized spacial score (nSPS) is 29.8. The number of ketones is 1. The fourth-order valence-corrected chi connectivity index (χ4v) is 3.73. The highest BCUT2D eigenvalue weighted by molar-refractivity contribution is 6.05. The van der Waals surface area contributed by atoms with E-state index in [1.165, 1.54) is 18.2 Å². The first kappa shape index (κ1) is 22.1. The maximum atomic E-state index is 12.7. The predicted molar refractivity (Wildman–Crippen MR) is 105 cm³/mol. The number of hydrogen-bond donors (Lipinski definition) is 7. The van der Waals surface area contributed by atoms with Gasteiger partial charge in [0.1, 0.15) is 35.0 Å². The van der Waals surface area contributed by atoms with Gasteiger partial charge in [-0.2, -0.15) is 0 Å². The molecule has 2 aromatic carbocycles. The van der Waals surface area contributed by atoms with Gasteiger partial charge in [0.25, 0.3) is 0 Å². The van der Waals surface area contributed by atoms with Crippen molar-refractivity contribution < 1.29 is 54.8 Å². The van der Waals surface area contributed by atoms with Crippen molar-refractivity contribution in [2.75, 3.05) is 6.61 Å². The third-order valence-corrected chi connectivity index (χ3v) is 5.42. The molecule has 0 unspecified atom stereocenters. The number of fused-ring (bicyclic) bond motifs is 1. The monoisotopic (exact) mass is 450 g/mol. The highest BCUT2D eigenvalue weighted by Crippen LogP contribution is 2.43. The Balaban J connectivity index is 1.62. The first-order valence-corrected chi connectivity index (χ1v) is 9.76. The lowest BCUT2D eigenvalue weighted by molar-refractivity contribution is -0.230. The van der Waals surface area contributed by atoms with Crippen molar-refractivity contribution in [1.29, 1.82) is 0 Å². The van der Waals surface area contributed by atoms with Crippen molar-refractivity contribution in [2.24, 2.45) is 0 Å². The first-order chi connectivity index (χ1) is 15.2. The molecule has 0 spiro atoms. The van der Waals surface area contributed by atoms with Crippen molar-refractivity contribution in [2.45, 2.75) is 43.2 Å². The summed E-state index contributed by atoms with van der Waals surface area (Å²) in [5, 5.41) is 69.0. The van der Waals surface area contributed by atoms with Crippen molar-refractivity contribution in [1.82, 2.24) is 0 Å². The van der Waals surface area contributed by atoms with Gasteiger partial charge >= 0.3 is 0 Å². The second-order valence-electron chi connectivity index (χ2n) is 7.61. The average molecular weight is 450 g/mol. The number of aliphatic hydroxyl groups excluding tert-OH is 4. The molecule has 0 aromatic heterocycles. The molecule has 2 aliphatic rings. The van der Waals surface area contributed by atoms with Crippen LogP contribution in [0.15, 0.2) is 30.3 Å². The average Bonchev–Trinajstić information content (AvgIpc) is 2.74. The summed E-state index contributed by atoms with van der Waals surface area (Å²) in [6.07, 6.45) is -7.69. The van der Waals surface area contributed by atoms with Crippen LogP contribution in [-0.2, 0) is 4.74 Å². The van der Waals surface area contributed by atoms with E-state index in [4.69, 9.17) is 14.2 Å². The fraction of sp³-hybridized carbons (Fsp3) is 0.381. The molecule has 2 aromatic rings. The van der Waals surface area contributed by atoms with Crippen LogP contribution in [0, 0.1) is 0 Å². The van der Waals surface area contributed by atoms with E-state index in [0.717, 1.165) is 12.1 Å². The van der Waals surface area contributed by atoms with Gasteiger partial charge in [0.05, 0.1) is 12.7 Å². The van der Waals surface area contributed by atoms with Crippen LogP contribution in [-0.4, -0.2) is 78.8 Å². The van der Waals surface area contributed by atoms with Gasteiger partial charge < -0.3 is 50.0 Å². The van der Waals surface area contributed by atoms with Crippen molar-refractivity contribution in [3.05, 3.63) is 41.5 Å². The zero-order valence-electron chi connectivity index (χ0n) is 16.5. The molecule has 0 radical (unpaired) electrons. The predicted octanol–water partition coefficient (Wildman–Crippen LogP) is -0.311. The number of rotatable bonds is 4. The molecule has 0 amide bonds. The highest BCUT2D eigenvalue weighted by Gasteiger charge is 2.41. The van der Waals surface area contributed by atoms with E-state index >= 15 is 0 Å². The molecule has 32 heavy (non-hydrogen) atoms. The summed E-state index contributed by atoms with van der Waals surface area (Å²) in [5.74, 6) is -2.31. The second-order valence-corrected chi connectivity index (χ2v) is 7.61. The number of carbonyl (C=O) groups is 1. The van der Waals surface area contributed by atoms with E-state index in [1.807, 2.05) is 0 Å². The molecule has 172 valence electrons. The Morgan fingerprint density at radius 3 is 2.44 bits per heavy atom. The van der Waals surface area contributed by atoms with Crippen LogP contribution in [0.5, 0.6) is 28.7 Å². The van der Waals surface area contributed by atoms with Crippen molar-refractivity contribution in [3.63, 3.8) is 0 Å². The van der Waals surface area contributed by atoms with E-state index in [0.29, 0.717) is 0 Å². The van der Waals surface area contributed by atoms with Crippen LogP contribution in [0.1, 0.15) is 28.4 Å². The standard InChI is InChI=1S/C21H22O11/c22-7-15-18(27)13(26)6-16(31-15)30-9-4-12(25)17-14(5-9)32-21(20(29)19(17)28)8-1-2-10(23)11(24)3-8/h1-5,13,15-16,18,20-27,29H,6-7H2/t13-,15-,16+,18-,20+,21-/m1/s1. The van der Waals surface area contributed by atoms with Gasteiger partial charge in [-0.05, 0) is 17.7 Å². The van der Waals surface area contributed by atoms with Gasteiger partial charge in [0.15, 0.2) is 23.7 Å². The molecule has 0 bridgehead atoms. The molecule has 6 atom stereocenters. The molecule has 1 saturated heterocycles. The number of benzene rings is 2. The smallest absolute Gasteiger partial charge is 0.202 e. The SMILES string of the molecule is O=C1c2c(O)cc(O[C@@H]3C[C@@H](O)[C@@H](O)[C@@H](CO)O3)cc2O[C@H](c2ccc(O)c(O)c2)[C@H]1O. The molecule has 11 nitrogen and oxygen atoms in total. The Morgan fingerprint density at radius 2 is 1.75 bits per heavy atom. The summed E-state index contributed by atoms with van der Waals surface area (Å²) >= 11 is 0. The molecule has 4 rings (SSSR count). The Morgan fingerprint density at radius 1 is 1.00 bits per heavy atom. The Kier molecular flexibility index (Phi) is 5.84. The van der Waals surface area contributed by atoms with Crippen LogP contribution < -0.4 is 9.47 Å². The molecule has 2 heterocycles. The summed E-state index contributed by atoms with van der Waals surface area (Å²) in [6, 6.07) is 6.06. The van der Waals surface area contributed by atoms with Crippen LogP contribution >= 0.6 is 0 Å². The van der Waals surface area contributed by atoms with E-state index in [9.17, 15) is 40.5 Å². The minimum atomic E-state index is -1.69. The van der Waals surface area contributed by atoms with Gasteiger partial charge in [-0.1, -0.05) is 6.07 Å². The van der Waals surface area contributed by atoms with Crippen molar-refractivity contribution in [3.8, 4) is 28.7 Å². The van der Waals surface area contributed by atoms with Crippen LogP contribution in [0.2, 0.25) is 0 Å². The summed E-state index contributed by atoms with van der Waals surface area (Å²) in [5.41, 5.74) is -0.0616. The lowest BCUT2D eigenvalue weighted by Gasteiger charge is -2.36. The summed E-state index contributed by atoms with van der Waals surface area (Å²) in [7, 11) is 0. The molecule has 7 N–H and O–H groups in total. The number of aliphatic hydroxyl groups is 4. The number of Topliss-reactive ketones (excluding diaryl/α,β-unsaturated/α-hetero) is 1. The summed E-state index contributed by atoms with van der Waals surface area (Å²) in [4.78, 5) is 12.7. The molecule has 11 heteroatoms. The van der Waals surface area contributed by atoms with Crippen molar-refractivity contribution >= 4 is 5.78 Å². The van der Waals surface area contributed by atoms with Crippen LogP contribution in [0.4, 0.5) is 0 Å². The fourth-order valence-electron chi connectivity index (χ4n) is 3.73. The molecular formula is C21H22O11. The largest absolute Gasteiger partial charge is 0.507 e. The molecule has 0 aliphatic carbocycles. The summed E-state index contributed by atoms with van der Waals surface area (Å²) in [6.45, 7) is -0.551. The number of phenols is 3. The van der Waals surface area contributed by atoms with Gasteiger partial charge in [-0.3, -0.25) is 4.79 Å². The Labute approximate surface area is 181 Å². The molecular weight excluding hydrogens is 428 g/mol. The number of carbonyl (C=O) groups excluding carboxylic acids is 1. The minimum absolute atomic E-state index is 0.00280. The van der Waals surface area contributed by atoms with E-state index in [-0.39, 0.29) is 34.8 Å². The third-order valence-electron chi connectivity index (χ3n) is 5.42. The van der Waals surface area contributed by atoms with E-state index in [2.05, 4.69) is 0 Å². The van der Waals surface area contributed by atoms with Gasteiger partial charge in [0.2, 0.25) is 12.1 Å². The van der Waals surface area contributed by atoms with Gasteiger partial charge in [0, 0.05) is 18.6 Å². The quantitative estimate of drug-likeness (QED) is 0.303. The Bertz CT molecular complexity index is 1020. The van der Waals surface area contributed by atoms with Gasteiger partial charge in [-0.15, -0.1) is 0 Å². The topological polar surface area (TPSA) is 186 Å². The molecule has 0 saturated carbocycles. The third kappa shape index (κ3) is 3.92. The van der Waals surface area contributed by atoms with E-state index < -0.39 is 60.7 Å². The maximum Gasteiger partial charge on any atom is 0.202 e. The zero-order chi connectivity index (χ0) is 23.2. The van der Waals surface area contributed by atoms with Gasteiger partial charge in [-0.25, -0.2) is 0 Å².